The van der Waals surface area contributed by atoms with E-state index in [1.807, 2.05) is 0 Å². The van der Waals surface area contributed by atoms with E-state index >= 15 is 0 Å². The average Bonchev–Trinajstić information content (AvgIpc) is 2.91. The number of carbonyl (C=O) groups excluding carboxylic acids is 2. The molecule has 0 bridgehead atoms. The van der Waals surface area contributed by atoms with Gasteiger partial charge in [-0.3, -0.25) is 14.6 Å². The van der Waals surface area contributed by atoms with Gasteiger partial charge in [0.1, 0.15) is 15.8 Å². The predicted molar refractivity (Wildman–Crippen MR) is 74.2 cm³/mol. The molecular weight excluding hydrogens is 368 g/mol. The Balaban J connectivity index is 2.21. The number of aliphatic imine (C=N–C) groups is 1. The second-order valence-electron chi connectivity index (χ2n) is 4.54. The first-order valence-electron chi connectivity index (χ1n) is 5.64. The predicted octanol–water partition coefficient (Wildman–Crippen LogP) is 1.34. The molecule has 1 aliphatic heterocycles. The Kier molecular flexibility index (Phi) is 3.82. The van der Waals surface area contributed by atoms with Crippen molar-refractivity contribution in [3.63, 3.8) is 0 Å². The molecule has 7 heteroatoms. The van der Waals surface area contributed by atoms with Crippen LogP contribution in [0.25, 0.3) is 0 Å². The van der Waals surface area contributed by atoms with E-state index in [0.29, 0.717) is 6.42 Å². The van der Waals surface area contributed by atoms with Gasteiger partial charge < -0.3 is 9.64 Å². The second kappa shape index (κ2) is 4.92. The van der Waals surface area contributed by atoms with E-state index in [-0.39, 0.29) is 27.6 Å². The highest BCUT2D eigenvalue weighted by Crippen LogP contribution is 2.62. The molecule has 2 aliphatic rings. The molecule has 3 unspecified atom stereocenters. The molecule has 1 amide bonds. The Bertz CT molecular complexity index is 400. The number of esters is 1. The van der Waals surface area contributed by atoms with E-state index in [0.717, 1.165) is 6.42 Å². The molecule has 0 aromatic heterocycles. The number of hydrogen-bond acceptors (Lipinski definition) is 4. The third-order valence-electron chi connectivity index (χ3n) is 3.56. The zero-order valence-corrected chi connectivity index (χ0v) is 13.1. The van der Waals surface area contributed by atoms with Gasteiger partial charge >= 0.3 is 5.97 Å². The lowest BCUT2D eigenvalue weighted by molar-refractivity contribution is -0.147. The number of halogens is 2. The molecule has 0 aromatic carbocycles. The van der Waals surface area contributed by atoms with Gasteiger partial charge in [0, 0.05) is 5.92 Å². The summed E-state index contributed by atoms with van der Waals surface area (Å²) in [7, 11) is 1.31. The fraction of sp³-hybridized carbons (Fsp3) is 0.727. The largest absolute Gasteiger partial charge is 0.468 e. The van der Waals surface area contributed by atoms with Gasteiger partial charge in [-0.25, -0.2) is 0 Å². The zero-order valence-electron chi connectivity index (χ0n) is 9.94. The Labute approximate surface area is 122 Å². The molecule has 0 radical (unpaired) electrons. The lowest BCUT2D eigenvalue weighted by atomic mass is 10.1. The van der Waals surface area contributed by atoms with Crippen LogP contribution in [-0.4, -0.2) is 52.5 Å². The van der Waals surface area contributed by atoms with Crippen LogP contribution < -0.4 is 0 Å². The normalized spacial score (nSPS) is 33.4. The summed E-state index contributed by atoms with van der Waals surface area (Å²) in [5.74, 6) is -0.281. The van der Waals surface area contributed by atoms with Gasteiger partial charge in [0.25, 0.3) is 0 Å². The van der Waals surface area contributed by atoms with Gasteiger partial charge in [-0.15, -0.1) is 0 Å². The van der Waals surface area contributed by atoms with E-state index in [1.54, 1.807) is 4.90 Å². The quantitative estimate of drug-likeness (QED) is 0.421. The molecule has 1 saturated heterocycles. The van der Waals surface area contributed by atoms with Crippen LogP contribution in [0.5, 0.6) is 0 Å². The molecule has 0 N–H and O–H groups in total. The molecule has 100 valence electrons. The number of carbonyl (C=O) groups is 2. The summed E-state index contributed by atoms with van der Waals surface area (Å²) >= 11 is 7.12. The third-order valence-corrected chi connectivity index (χ3v) is 5.68. The fourth-order valence-electron chi connectivity index (χ4n) is 2.49. The summed E-state index contributed by atoms with van der Waals surface area (Å²) in [6, 6.07) is -0.478. The van der Waals surface area contributed by atoms with Crippen molar-refractivity contribution in [2.75, 3.05) is 13.7 Å². The second-order valence-corrected chi connectivity index (χ2v) is 8.23. The van der Waals surface area contributed by atoms with Crippen LogP contribution in [0.4, 0.5) is 0 Å². The number of rotatable bonds is 3. The Morgan fingerprint density at radius 2 is 2.28 bits per heavy atom. The topological polar surface area (TPSA) is 59.0 Å². The minimum atomic E-state index is -0.446. The van der Waals surface area contributed by atoms with Gasteiger partial charge in [-0.1, -0.05) is 31.9 Å². The van der Waals surface area contributed by atoms with E-state index < -0.39 is 12.0 Å². The first-order chi connectivity index (χ1) is 8.43. The summed E-state index contributed by atoms with van der Waals surface area (Å²) < 4.78 is 4.35. The van der Waals surface area contributed by atoms with Gasteiger partial charge in [-0.05, 0) is 19.6 Å². The van der Waals surface area contributed by atoms with Crippen LogP contribution in [0.3, 0.4) is 0 Å². The van der Waals surface area contributed by atoms with Crippen LogP contribution in [0, 0.1) is 5.92 Å². The molecular formula is C11H14Br2N2O3. The minimum Gasteiger partial charge on any atom is -0.468 e. The summed E-state index contributed by atoms with van der Waals surface area (Å²) in [4.78, 5) is 29.1. The van der Waals surface area contributed by atoms with Crippen molar-refractivity contribution in [2.24, 2.45) is 10.9 Å². The van der Waals surface area contributed by atoms with Crippen molar-refractivity contribution in [1.29, 1.82) is 0 Å². The van der Waals surface area contributed by atoms with Gasteiger partial charge in [0.15, 0.2) is 0 Å². The molecule has 1 aliphatic carbocycles. The fourth-order valence-corrected chi connectivity index (χ4v) is 4.31. The summed E-state index contributed by atoms with van der Waals surface area (Å²) in [6.07, 6.45) is 1.54. The van der Waals surface area contributed by atoms with Crippen molar-refractivity contribution in [3.8, 4) is 0 Å². The Hall–Kier alpha value is -0.430. The highest BCUT2D eigenvalue weighted by atomic mass is 79.9. The summed E-state index contributed by atoms with van der Waals surface area (Å²) in [5, 5.41) is 0. The number of likely N-dealkylation sites (tertiary alicyclic amines) is 1. The van der Waals surface area contributed by atoms with Crippen LogP contribution in [-0.2, 0) is 14.3 Å². The molecule has 18 heavy (non-hydrogen) atoms. The van der Waals surface area contributed by atoms with Crippen molar-refractivity contribution in [1.82, 2.24) is 4.90 Å². The summed E-state index contributed by atoms with van der Waals surface area (Å²) in [6.45, 7) is 3.41. The number of nitrogens with zero attached hydrogens (tertiary/aromatic N) is 2. The highest BCUT2D eigenvalue weighted by molar-refractivity contribution is 9.25. The Morgan fingerprint density at radius 1 is 1.61 bits per heavy atom. The van der Waals surface area contributed by atoms with Crippen molar-refractivity contribution >= 4 is 50.5 Å². The maximum absolute atomic E-state index is 12.3. The molecule has 0 aromatic rings. The van der Waals surface area contributed by atoms with Crippen molar-refractivity contribution < 1.29 is 14.3 Å². The zero-order chi connectivity index (χ0) is 13.5. The maximum Gasteiger partial charge on any atom is 0.325 e. The average molecular weight is 382 g/mol. The van der Waals surface area contributed by atoms with Crippen LogP contribution >= 0.6 is 31.9 Å². The number of amides is 1. The monoisotopic (exact) mass is 380 g/mol. The molecule has 3 atom stereocenters. The number of fused-ring (bicyclic) bond motifs is 1. The first kappa shape index (κ1) is 14.0. The Morgan fingerprint density at radius 3 is 2.83 bits per heavy atom. The van der Waals surface area contributed by atoms with E-state index in [4.69, 9.17) is 0 Å². The lowest BCUT2D eigenvalue weighted by Crippen LogP contribution is -2.44. The molecule has 0 spiro atoms. The molecule has 2 fully saturated rings. The van der Waals surface area contributed by atoms with Gasteiger partial charge in [0.2, 0.25) is 5.91 Å². The van der Waals surface area contributed by atoms with E-state index in [9.17, 15) is 9.59 Å². The van der Waals surface area contributed by atoms with Crippen LogP contribution in [0.2, 0.25) is 0 Å². The van der Waals surface area contributed by atoms with E-state index in [2.05, 4.69) is 48.3 Å². The highest BCUT2D eigenvalue weighted by Gasteiger charge is 2.66. The number of alkyl halides is 2. The molecule has 1 saturated carbocycles. The molecule has 5 nitrogen and oxygen atoms in total. The number of hydrogen-bond donors (Lipinski definition) is 0. The SMILES string of the molecule is C=NC1CCC2C(N(CC(=O)OC)C1=O)C2(Br)Br. The lowest BCUT2D eigenvalue weighted by Gasteiger charge is -2.24. The van der Waals surface area contributed by atoms with E-state index in [1.165, 1.54) is 7.11 Å². The van der Waals surface area contributed by atoms with Crippen molar-refractivity contribution in [2.45, 2.75) is 28.2 Å². The number of ether oxygens (including phenoxy) is 1. The van der Waals surface area contributed by atoms with Gasteiger partial charge in [0.05, 0.1) is 13.2 Å². The minimum absolute atomic E-state index is 0.0316. The maximum atomic E-state index is 12.3. The third kappa shape index (κ3) is 2.22. The van der Waals surface area contributed by atoms with Gasteiger partial charge in [-0.2, -0.15) is 0 Å². The van der Waals surface area contributed by atoms with Crippen molar-refractivity contribution in [3.05, 3.63) is 0 Å². The van der Waals surface area contributed by atoms with Crippen LogP contribution in [0.15, 0.2) is 4.99 Å². The molecule has 2 rings (SSSR count). The smallest absolute Gasteiger partial charge is 0.325 e. The van der Waals surface area contributed by atoms with Crippen LogP contribution in [0.1, 0.15) is 12.8 Å². The standard InChI is InChI=1S/C11H14Br2N2O3/c1-14-7-4-3-6-9(11(6,12)13)15(10(7)17)5-8(16)18-2/h6-7,9H,1,3-5H2,2H3. The number of methoxy groups -OCH3 is 1. The summed E-state index contributed by atoms with van der Waals surface area (Å²) in [5.41, 5.74) is 0. The molecule has 1 heterocycles. The first-order valence-corrected chi connectivity index (χ1v) is 7.23.